The van der Waals surface area contributed by atoms with Crippen LogP contribution in [-0.2, 0) is 16.1 Å². The molecule has 1 N–H and O–H groups in total. The maximum atomic E-state index is 11.9. The van der Waals surface area contributed by atoms with Crippen molar-refractivity contribution in [3.8, 4) is 0 Å². The molecular weight excluding hydrogens is 256 g/mol. The van der Waals surface area contributed by atoms with Crippen LogP contribution in [0.15, 0.2) is 6.20 Å². The van der Waals surface area contributed by atoms with Crippen molar-refractivity contribution in [2.75, 3.05) is 40.4 Å². The normalized spacial score (nSPS) is 19.3. The van der Waals surface area contributed by atoms with Gasteiger partial charge in [-0.1, -0.05) is 0 Å². The number of aromatic amines is 1. The molecule has 1 atom stereocenters. The largest absolute Gasteiger partial charge is 0.383 e. The van der Waals surface area contributed by atoms with E-state index in [1.54, 1.807) is 7.11 Å². The molecule has 0 bridgehead atoms. The molecule has 1 aliphatic heterocycles. The second-order valence-corrected chi connectivity index (χ2v) is 5.62. The van der Waals surface area contributed by atoms with Gasteiger partial charge in [0.15, 0.2) is 0 Å². The van der Waals surface area contributed by atoms with Gasteiger partial charge in [0, 0.05) is 51.0 Å². The Morgan fingerprint density at radius 2 is 2.40 bits per heavy atom. The molecule has 0 radical (unpaired) electrons. The SMILES string of the molecule is COCCN1C[C@H](CN(C)Cc2cn[nH]c2C)CC1=O. The fourth-order valence-corrected chi connectivity index (χ4v) is 2.73. The Labute approximate surface area is 120 Å². The lowest BCUT2D eigenvalue weighted by Gasteiger charge is -2.21. The van der Waals surface area contributed by atoms with E-state index in [4.69, 9.17) is 4.74 Å². The quantitative estimate of drug-likeness (QED) is 0.796. The Kier molecular flexibility index (Phi) is 5.14. The van der Waals surface area contributed by atoms with Crippen LogP contribution < -0.4 is 0 Å². The maximum absolute atomic E-state index is 11.9. The Hall–Kier alpha value is -1.40. The van der Waals surface area contributed by atoms with E-state index in [2.05, 4.69) is 22.1 Å². The smallest absolute Gasteiger partial charge is 0.223 e. The highest BCUT2D eigenvalue weighted by Crippen LogP contribution is 2.19. The summed E-state index contributed by atoms with van der Waals surface area (Å²) in [5, 5.41) is 6.99. The van der Waals surface area contributed by atoms with Crippen LogP contribution in [0.5, 0.6) is 0 Å². The van der Waals surface area contributed by atoms with Crippen molar-refractivity contribution in [2.45, 2.75) is 19.9 Å². The van der Waals surface area contributed by atoms with E-state index in [-0.39, 0.29) is 5.91 Å². The number of aryl methyl sites for hydroxylation is 1. The summed E-state index contributed by atoms with van der Waals surface area (Å²) in [5.74, 6) is 0.663. The van der Waals surface area contributed by atoms with Crippen LogP contribution in [0.2, 0.25) is 0 Å². The Balaban J connectivity index is 1.79. The fraction of sp³-hybridized carbons (Fsp3) is 0.714. The van der Waals surface area contributed by atoms with Crippen molar-refractivity contribution < 1.29 is 9.53 Å². The first-order chi connectivity index (χ1) is 9.60. The first kappa shape index (κ1) is 15.0. The highest BCUT2D eigenvalue weighted by Gasteiger charge is 2.29. The van der Waals surface area contributed by atoms with Gasteiger partial charge in [-0.2, -0.15) is 5.10 Å². The van der Waals surface area contributed by atoms with E-state index in [1.807, 2.05) is 18.0 Å². The number of aromatic nitrogens is 2. The molecule has 112 valence electrons. The molecule has 6 nitrogen and oxygen atoms in total. The molecule has 0 spiro atoms. The minimum Gasteiger partial charge on any atom is -0.383 e. The van der Waals surface area contributed by atoms with Gasteiger partial charge in [-0.25, -0.2) is 0 Å². The van der Waals surface area contributed by atoms with Crippen LogP contribution in [0.25, 0.3) is 0 Å². The van der Waals surface area contributed by atoms with Gasteiger partial charge in [0.05, 0.1) is 12.8 Å². The molecule has 1 aromatic heterocycles. The average Bonchev–Trinajstić information content (AvgIpc) is 2.94. The van der Waals surface area contributed by atoms with E-state index >= 15 is 0 Å². The van der Waals surface area contributed by atoms with Crippen LogP contribution in [0, 0.1) is 12.8 Å². The number of nitrogens with zero attached hydrogens (tertiary/aromatic N) is 3. The van der Waals surface area contributed by atoms with Gasteiger partial charge in [0.1, 0.15) is 0 Å². The van der Waals surface area contributed by atoms with Gasteiger partial charge in [-0.05, 0) is 19.9 Å². The number of methoxy groups -OCH3 is 1. The second-order valence-electron chi connectivity index (χ2n) is 5.62. The summed E-state index contributed by atoms with van der Waals surface area (Å²) in [7, 11) is 3.76. The lowest BCUT2D eigenvalue weighted by atomic mass is 10.1. The first-order valence-electron chi connectivity index (χ1n) is 7.04. The molecule has 0 aromatic carbocycles. The van der Waals surface area contributed by atoms with E-state index in [9.17, 15) is 4.79 Å². The zero-order valence-electron chi connectivity index (χ0n) is 12.6. The zero-order chi connectivity index (χ0) is 14.5. The van der Waals surface area contributed by atoms with Gasteiger partial charge < -0.3 is 14.5 Å². The molecule has 2 rings (SSSR count). The topological polar surface area (TPSA) is 61.5 Å². The summed E-state index contributed by atoms with van der Waals surface area (Å²) >= 11 is 0. The maximum Gasteiger partial charge on any atom is 0.223 e. The summed E-state index contributed by atoms with van der Waals surface area (Å²) < 4.78 is 5.04. The number of nitrogens with one attached hydrogen (secondary N) is 1. The molecule has 1 saturated heterocycles. The fourth-order valence-electron chi connectivity index (χ4n) is 2.73. The van der Waals surface area contributed by atoms with Crippen molar-refractivity contribution in [3.63, 3.8) is 0 Å². The summed E-state index contributed by atoms with van der Waals surface area (Å²) in [4.78, 5) is 16.0. The van der Waals surface area contributed by atoms with Crippen molar-refractivity contribution in [1.82, 2.24) is 20.0 Å². The number of likely N-dealkylation sites (tertiary alicyclic amines) is 1. The Morgan fingerprint density at radius 1 is 1.60 bits per heavy atom. The standard InChI is InChI=1S/C14H24N4O2/c1-11-13(7-15-16-11)10-17(2)8-12-6-14(19)18(9-12)4-5-20-3/h7,12H,4-6,8-10H2,1-3H3,(H,15,16)/t12-/m0/s1. The third-order valence-corrected chi connectivity index (χ3v) is 3.80. The number of amides is 1. The lowest BCUT2D eigenvalue weighted by molar-refractivity contribution is -0.128. The van der Waals surface area contributed by atoms with E-state index in [1.165, 1.54) is 5.56 Å². The number of hydrogen-bond acceptors (Lipinski definition) is 4. The summed E-state index contributed by atoms with van der Waals surface area (Å²) in [6.07, 6.45) is 2.52. The van der Waals surface area contributed by atoms with Crippen LogP contribution in [-0.4, -0.2) is 66.3 Å². The van der Waals surface area contributed by atoms with E-state index < -0.39 is 0 Å². The number of carbonyl (C=O) groups excluding carboxylic acids is 1. The molecule has 1 aromatic rings. The first-order valence-corrected chi connectivity index (χ1v) is 7.04. The minimum absolute atomic E-state index is 0.250. The van der Waals surface area contributed by atoms with Gasteiger partial charge in [-0.3, -0.25) is 9.89 Å². The Morgan fingerprint density at radius 3 is 3.05 bits per heavy atom. The summed E-state index contributed by atoms with van der Waals surface area (Å²) in [5.41, 5.74) is 2.33. The molecule has 20 heavy (non-hydrogen) atoms. The molecule has 0 aliphatic carbocycles. The summed E-state index contributed by atoms with van der Waals surface area (Å²) in [6.45, 7) is 5.99. The predicted octanol–water partition coefficient (Wildman–Crippen LogP) is 0.645. The zero-order valence-corrected chi connectivity index (χ0v) is 12.6. The monoisotopic (exact) mass is 280 g/mol. The van der Waals surface area contributed by atoms with E-state index in [0.717, 1.165) is 25.3 Å². The molecule has 6 heteroatoms. The van der Waals surface area contributed by atoms with Gasteiger partial charge in [-0.15, -0.1) is 0 Å². The van der Waals surface area contributed by atoms with Crippen molar-refractivity contribution >= 4 is 5.91 Å². The van der Waals surface area contributed by atoms with Gasteiger partial charge in [0.25, 0.3) is 0 Å². The van der Waals surface area contributed by atoms with Crippen molar-refractivity contribution in [2.24, 2.45) is 5.92 Å². The third-order valence-electron chi connectivity index (χ3n) is 3.80. The molecule has 0 unspecified atom stereocenters. The van der Waals surface area contributed by atoms with Gasteiger partial charge >= 0.3 is 0 Å². The average molecular weight is 280 g/mol. The second kappa shape index (κ2) is 6.85. The van der Waals surface area contributed by atoms with Gasteiger partial charge in [0.2, 0.25) is 5.91 Å². The molecular formula is C14H24N4O2. The van der Waals surface area contributed by atoms with Crippen LogP contribution in [0.3, 0.4) is 0 Å². The van der Waals surface area contributed by atoms with Crippen LogP contribution >= 0.6 is 0 Å². The molecule has 1 amide bonds. The number of ether oxygens (including phenoxy) is 1. The molecule has 1 aliphatic rings. The summed E-state index contributed by atoms with van der Waals surface area (Å²) in [6, 6.07) is 0. The Bertz CT molecular complexity index is 446. The third kappa shape index (κ3) is 3.80. The van der Waals surface area contributed by atoms with E-state index in [0.29, 0.717) is 25.5 Å². The number of rotatable bonds is 7. The molecule has 1 fully saturated rings. The highest BCUT2D eigenvalue weighted by atomic mass is 16.5. The molecule has 0 saturated carbocycles. The van der Waals surface area contributed by atoms with Crippen molar-refractivity contribution in [3.05, 3.63) is 17.5 Å². The predicted molar refractivity (Wildman–Crippen MR) is 76.2 cm³/mol. The lowest BCUT2D eigenvalue weighted by Crippen LogP contribution is -2.31. The minimum atomic E-state index is 0.250. The highest BCUT2D eigenvalue weighted by molar-refractivity contribution is 5.78. The van der Waals surface area contributed by atoms with Crippen molar-refractivity contribution in [1.29, 1.82) is 0 Å². The number of hydrogen-bond donors (Lipinski definition) is 1. The van der Waals surface area contributed by atoms with Crippen LogP contribution in [0.1, 0.15) is 17.7 Å². The number of carbonyl (C=O) groups is 1. The number of H-pyrrole nitrogens is 1. The van der Waals surface area contributed by atoms with Crippen LogP contribution in [0.4, 0.5) is 0 Å². The molecule has 2 heterocycles.